The molecule has 0 aliphatic carbocycles. The number of hydrogen-bond acceptors (Lipinski definition) is 6. The lowest BCUT2D eigenvalue weighted by Gasteiger charge is -2.31. The Bertz CT molecular complexity index is 1020. The Morgan fingerprint density at radius 2 is 1.93 bits per heavy atom. The van der Waals surface area contributed by atoms with Crippen LogP contribution in [-0.2, 0) is 25.4 Å². The van der Waals surface area contributed by atoms with Gasteiger partial charge in [0, 0.05) is 43.9 Å². The normalized spacial score (nSPS) is 14.1. The van der Waals surface area contributed by atoms with Gasteiger partial charge in [0.25, 0.3) is 5.56 Å². The van der Waals surface area contributed by atoms with Crippen LogP contribution in [0.15, 0.2) is 32.3 Å². The van der Waals surface area contributed by atoms with Crippen LogP contribution < -0.4 is 21.5 Å². The van der Waals surface area contributed by atoms with Crippen molar-refractivity contribution in [1.29, 1.82) is 5.26 Å². The maximum Gasteiger partial charge on any atom is 0.332 e. The minimum absolute atomic E-state index is 0.0790. The molecule has 0 spiro atoms. The number of nitrogens with one attached hydrogen (secondary N) is 1. The standard InChI is InChI=1S/C18H20BrN5O3/c1-22-16(14(10-20)17(25)23(2)18(22)26)21-11-12-3-4-13(19)9-15(12)24-5-7-27-8-6-24/h3-4,9,21H,5-8,11H2,1-2H3. The van der Waals surface area contributed by atoms with Crippen molar-refractivity contribution < 1.29 is 4.74 Å². The number of hydrogen-bond donors (Lipinski definition) is 1. The van der Waals surface area contributed by atoms with E-state index in [4.69, 9.17) is 4.74 Å². The molecule has 1 aromatic heterocycles. The van der Waals surface area contributed by atoms with Gasteiger partial charge in [-0.15, -0.1) is 0 Å². The van der Waals surface area contributed by atoms with E-state index < -0.39 is 11.2 Å². The highest BCUT2D eigenvalue weighted by atomic mass is 79.9. The highest BCUT2D eigenvalue weighted by Crippen LogP contribution is 2.27. The van der Waals surface area contributed by atoms with Crippen LogP contribution in [0.5, 0.6) is 0 Å². The summed E-state index contributed by atoms with van der Waals surface area (Å²) in [6.07, 6.45) is 0. The largest absolute Gasteiger partial charge is 0.378 e. The molecule has 0 amide bonds. The Labute approximate surface area is 164 Å². The molecule has 27 heavy (non-hydrogen) atoms. The van der Waals surface area contributed by atoms with Gasteiger partial charge in [0.15, 0.2) is 5.56 Å². The summed E-state index contributed by atoms with van der Waals surface area (Å²) in [6, 6.07) is 7.86. The van der Waals surface area contributed by atoms with Crippen LogP contribution in [0, 0.1) is 11.3 Å². The molecular weight excluding hydrogens is 414 g/mol. The average molecular weight is 434 g/mol. The summed E-state index contributed by atoms with van der Waals surface area (Å²) in [5.41, 5.74) is 0.882. The van der Waals surface area contributed by atoms with Crippen LogP contribution >= 0.6 is 15.9 Å². The van der Waals surface area contributed by atoms with Crippen LogP contribution in [0.1, 0.15) is 11.1 Å². The fraction of sp³-hybridized carbons (Fsp3) is 0.389. The first-order chi connectivity index (χ1) is 12.9. The topological polar surface area (TPSA) is 92.3 Å². The predicted molar refractivity (Wildman–Crippen MR) is 106 cm³/mol. The van der Waals surface area contributed by atoms with Crippen molar-refractivity contribution in [1.82, 2.24) is 9.13 Å². The monoisotopic (exact) mass is 433 g/mol. The second-order valence-electron chi connectivity index (χ2n) is 6.27. The lowest BCUT2D eigenvalue weighted by molar-refractivity contribution is 0.122. The number of rotatable bonds is 4. The first-order valence-corrected chi connectivity index (χ1v) is 9.28. The van der Waals surface area contributed by atoms with Crippen molar-refractivity contribution in [3.8, 4) is 6.07 Å². The molecule has 2 heterocycles. The van der Waals surface area contributed by atoms with Crippen molar-refractivity contribution >= 4 is 27.4 Å². The average Bonchev–Trinajstić information content (AvgIpc) is 2.69. The van der Waals surface area contributed by atoms with Gasteiger partial charge in [-0.25, -0.2) is 4.79 Å². The fourth-order valence-corrected chi connectivity index (χ4v) is 3.47. The number of nitriles is 1. The maximum atomic E-state index is 12.2. The molecule has 9 heteroatoms. The van der Waals surface area contributed by atoms with Crippen LogP contribution in [0.4, 0.5) is 11.5 Å². The quantitative estimate of drug-likeness (QED) is 0.777. The number of ether oxygens (including phenoxy) is 1. The van der Waals surface area contributed by atoms with Crippen LogP contribution in [-0.4, -0.2) is 35.4 Å². The summed E-state index contributed by atoms with van der Waals surface area (Å²) < 4.78 is 8.61. The highest BCUT2D eigenvalue weighted by molar-refractivity contribution is 9.10. The number of anilines is 2. The maximum absolute atomic E-state index is 12.2. The van der Waals surface area contributed by atoms with Crippen molar-refractivity contribution in [2.24, 2.45) is 14.1 Å². The number of nitrogens with zero attached hydrogens (tertiary/aromatic N) is 4. The molecule has 1 aliphatic rings. The van der Waals surface area contributed by atoms with E-state index in [0.717, 1.165) is 33.4 Å². The zero-order valence-electron chi connectivity index (χ0n) is 15.2. The smallest absolute Gasteiger partial charge is 0.332 e. The molecule has 0 radical (unpaired) electrons. The third kappa shape index (κ3) is 3.77. The molecule has 1 fully saturated rings. The van der Waals surface area contributed by atoms with E-state index in [1.165, 1.54) is 18.7 Å². The first-order valence-electron chi connectivity index (χ1n) is 8.49. The molecule has 8 nitrogen and oxygen atoms in total. The van der Waals surface area contributed by atoms with Gasteiger partial charge in [-0.05, 0) is 17.7 Å². The van der Waals surface area contributed by atoms with Gasteiger partial charge in [-0.3, -0.25) is 13.9 Å². The van der Waals surface area contributed by atoms with Gasteiger partial charge in [-0.2, -0.15) is 5.26 Å². The second kappa shape index (κ2) is 7.98. The zero-order valence-corrected chi connectivity index (χ0v) is 16.7. The van der Waals surface area contributed by atoms with Crippen molar-refractivity contribution in [3.63, 3.8) is 0 Å². The molecule has 0 saturated carbocycles. The molecule has 1 saturated heterocycles. The molecule has 2 aromatic rings. The molecule has 1 aliphatic heterocycles. The van der Waals surface area contributed by atoms with Crippen molar-refractivity contribution in [2.45, 2.75) is 6.54 Å². The van der Waals surface area contributed by atoms with Gasteiger partial charge in [0.1, 0.15) is 11.9 Å². The molecule has 1 aromatic carbocycles. The fourth-order valence-electron chi connectivity index (χ4n) is 3.12. The summed E-state index contributed by atoms with van der Waals surface area (Å²) >= 11 is 3.51. The van der Waals surface area contributed by atoms with Gasteiger partial charge in [-0.1, -0.05) is 22.0 Å². The number of halogens is 1. The lowest BCUT2D eigenvalue weighted by Crippen LogP contribution is -2.40. The van der Waals surface area contributed by atoms with E-state index in [1.807, 2.05) is 24.3 Å². The Balaban J connectivity index is 1.96. The molecule has 0 unspecified atom stereocenters. The molecule has 142 valence electrons. The molecule has 0 bridgehead atoms. The predicted octanol–water partition coefficient (Wildman–Crippen LogP) is 1.17. The van der Waals surface area contributed by atoms with Gasteiger partial charge in [0.2, 0.25) is 0 Å². The van der Waals surface area contributed by atoms with Gasteiger partial charge < -0.3 is 15.0 Å². The third-order valence-corrected chi connectivity index (χ3v) is 5.12. The Hall–Kier alpha value is -2.57. The van der Waals surface area contributed by atoms with E-state index in [1.54, 1.807) is 0 Å². The van der Waals surface area contributed by atoms with E-state index in [0.29, 0.717) is 19.8 Å². The lowest BCUT2D eigenvalue weighted by atomic mass is 10.1. The molecule has 0 atom stereocenters. The molecule has 1 N–H and O–H groups in total. The van der Waals surface area contributed by atoms with Crippen molar-refractivity contribution in [2.75, 3.05) is 36.5 Å². The Morgan fingerprint density at radius 1 is 1.22 bits per heavy atom. The van der Waals surface area contributed by atoms with Crippen LogP contribution in [0.3, 0.4) is 0 Å². The van der Waals surface area contributed by atoms with Crippen molar-refractivity contribution in [3.05, 3.63) is 54.6 Å². The molecular formula is C18H20BrN5O3. The Kier molecular flexibility index (Phi) is 5.68. The minimum atomic E-state index is -0.604. The van der Waals surface area contributed by atoms with E-state index in [-0.39, 0.29) is 11.4 Å². The summed E-state index contributed by atoms with van der Waals surface area (Å²) in [5.74, 6) is 0.224. The van der Waals surface area contributed by atoms with Gasteiger partial charge >= 0.3 is 5.69 Å². The number of benzene rings is 1. The SMILES string of the molecule is Cn1c(NCc2ccc(Br)cc2N2CCOCC2)c(C#N)c(=O)n(C)c1=O. The summed E-state index contributed by atoms with van der Waals surface area (Å²) in [5, 5.41) is 12.5. The summed E-state index contributed by atoms with van der Waals surface area (Å²) in [6.45, 7) is 3.28. The van der Waals surface area contributed by atoms with Crippen LogP contribution in [0.25, 0.3) is 0 Å². The van der Waals surface area contributed by atoms with E-state index >= 15 is 0 Å². The van der Waals surface area contributed by atoms with E-state index in [2.05, 4.69) is 26.1 Å². The van der Waals surface area contributed by atoms with Crippen LogP contribution in [0.2, 0.25) is 0 Å². The van der Waals surface area contributed by atoms with Gasteiger partial charge in [0.05, 0.1) is 13.2 Å². The van der Waals surface area contributed by atoms with E-state index in [9.17, 15) is 14.9 Å². The second-order valence-corrected chi connectivity index (χ2v) is 7.18. The summed E-state index contributed by atoms with van der Waals surface area (Å²) in [7, 11) is 2.90. The highest BCUT2D eigenvalue weighted by Gasteiger charge is 2.18. The number of aromatic nitrogens is 2. The number of morpholine rings is 1. The minimum Gasteiger partial charge on any atom is -0.378 e. The third-order valence-electron chi connectivity index (χ3n) is 4.62. The summed E-state index contributed by atoms with van der Waals surface area (Å²) in [4.78, 5) is 26.7. The molecule has 3 rings (SSSR count). The first kappa shape index (κ1) is 19.2. The zero-order chi connectivity index (χ0) is 19.6. The Morgan fingerprint density at radius 3 is 2.59 bits per heavy atom.